The van der Waals surface area contributed by atoms with Crippen LogP contribution in [0, 0.1) is 0 Å². The van der Waals surface area contributed by atoms with Crippen molar-refractivity contribution in [3.63, 3.8) is 0 Å². The van der Waals surface area contributed by atoms with Crippen LogP contribution >= 0.6 is 0 Å². The molecule has 0 saturated carbocycles. The number of amides is 1. The smallest absolute Gasteiger partial charge is 0.323 e. The second-order valence-electron chi connectivity index (χ2n) is 5.54. The van der Waals surface area contributed by atoms with Crippen LogP contribution in [0.4, 0.5) is 14.5 Å². The molecule has 10 heteroatoms. The predicted octanol–water partition coefficient (Wildman–Crippen LogP) is 2.03. The lowest BCUT2D eigenvalue weighted by Gasteiger charge is -2.12. The average Bonchev–Trinajstić information content (AvgIpc) is 2.64. The average molecular weight is 393 g/mol. The Hall–Kier alpha value is -3.14. The summed E-state index contributed by atoms with van der Waals surface area (Å²) in [4.78, 5) is 28.0. The van der Waals surface area contributed by atoms with Crippen molar-refractivity contribution in [2.45, 2.75) is 17.2 Å². The van der Waals surface area contributed by atoms with E-state index < -0.39 is 38.5 Å². The fraction of sp³-hybridized carbons (Fsp3) is 0.118. The number of nitrogens with one attached hydrogen (secondary N) is 1. The van der Waals surface area contributed by atoms with Gasteiger partial charge in [-0.3, -0.25) is 14.2 Å². The fourth-order valence-electron chi connectivity index (χ4n) is 2.48. The van der Waals surface area contributed by atoms with Crippen molar-refractivity contribution in [3.05, 3.63) is 65.2 Å². The summed E-state index contributed by atoms with van der Waals surface area (Å²) in [7, 11) is -4.89. The van der Waals surface area contributed by atoms with Crippen molar-refractivity contribution in [1.82, 2.24) is 9.55 Å². The van der Waals surface area contributed by atoms with Crippen molar-refractivity contribution >= 4 is 32.3 Å². The molecule has 3 rings (SSSR count). The molecular formula is C17H13F2N3O4S. The molecule has 1 heterocycles. The van der Waals surface area contributed by atoms with Gasteiger partial charge in [-0.2, -0.15) is 8.78 Å². The Labute approximate surface area is 152 Å². The van der Waals surface area contributed by atoms with Crippen LogP contribution in [0.15, 0.2) is 64.5 Å². The zero-order valence-corrected chi connectivity index (χ0v) is 14.5. The number of anilines is 1. The molecule has 0 fully saturated rings. The Morgan fingerprint density at radius 1 is 1.11 bits per heavy atom. The second-order valence-corrected chi connectivity index (χ2v) is 7.43. The highest BCUT2D eigenvalue weighted by Gasteiger charge is 2.29. The van der Waals surface area contributed by atoms with Crippen LogP contribution in [-0.2, 0) is 21.2 Å². The van der Waals surface area contributed by atoms with Crippen LogP contribution in [0.5, 0.6) is 0 Å². The molecule has 2 aromatic carbocycles. The number of rotatable bonds is 5. The molecular weight excluding hydrogens is 380 g/mol. The standard InChI is InChI=1S/C17H13F2N3O4S/c18-17(19)27(25,26)14-8-4-3-7-13(14)21-15(23)9-22-10-20-12-6-2-1-5-11(12)16(22)24/h1-8,10,17H,9H2,(H,21,23). The molecule has 1 aromatic heterocycles. The number of aromatic nitrogens is 2. The first kappa shape index (κ1) is 18.6. The molecule has 1 amide bonds. The Balaban J connectivity index is 1.88. The molecule has 0 spiro atoms. The van der Waals surface area contributed by atoms with E-state index in [-0.39, 0.29) is 5.69 Å². The van der Waals surface area contributed by atoms with Crippen LogP contribution in [-0.4, -0.2) is 29.6 Å². The molecule has 0 atom stereocenters. The highest BCUT2D eigenvalue weighted by molar-refractivity contribution is 7.91. The third kappa shape index (κ3) is 3.70. The summed E-state index contributed by atoms with van der Waals surface area (Å²) >= 11 is 0. The number of hydrogen-bond acceptors (Lipinski definition) is 5. The third-order valence-electron chi connectivity index (χ3n) is 3.75. The van der Waals surface area contributed by atoms with Gasteiger partial charge in [-0.15, -0.1) is 0 Å². The topological polar surface area (TPSA) is 98.1 Å². The Morgan fingerprint density at radius 2 is 1.78 bits per heavy atom. The minimum Gasteiger partial charge on any atom is -0.323 e. The minimum absolute atomic E-state index is 0.287. The van der Waals surface area contributed by atoms with Crippen molar-refractivity contribution in [2.24, 2.45) is 0 Å². The maximum atomic E-state index is 12.8. The number of para-hydroxylation sites is 2. The lowest BCUT2D eigenvalue weighted by molar-refractivity contribution is -0.116. The van der Waals surface area contributed by atoms with E-state index in [2.05, 4.69) is 10.3 Å². The van der Waals surface area contributed by atoms with Crippen molar-refractivity contribution in [2.75, 3.05) is 5.32 Å². The first-order valence-electron chi connectivity index (χ1n) is 7.66. The number of hydrogen-bond donors (Lipinski definition) is 1. The van der Waals surface area contributed by atoms with Crippen molar-refractivity contribution < 1.29 is 22.0 Å². The molecule has 0 bridgehead atoms. The lowest BCUT2D eigenvalue weighted by Crippen LogP contribution is -2.28. The van der Waals surface area contributed by atoms with Gasteiger partial charge >= 0.3 is 5.76 Å². The summed E-state index contributed by atoms with van der Waals surface area (Å²) < 4.78 is 50.1. The van der Waals surface area contributed by atoms with Gasteiger partial charge in [0.05, 0.1) is 27.8 Å². The Morgan fingerprint density at radius 3 is 2.52 bits per heavy atom. The van der Waals surface area contributed by atoms with Gasteiger partial charge in [-0.25, -0.2) is 13.4 Å². The quantitative estimate of drug-likeness (QED) is 0.715. The van der Waals surface area contributed by atoms with Gasteiger partial charge in [0.2, 0.25) is 15.7 Å². The molecule has 1 N–H and O–H groups in total. The number of benzene rings is 2. The van der Waals surface area contributed by atoms with Crippen molar-refractivity contribution in [3.8, 4) is 0 Å². The summed E-state index contributed by atoms with van der Waals surface area (Å²) in [6.45, 7) is -0.459. The second kappa shape index (κ2) is 7.23. The Bertz CT molecular complexity index is 1180. The molecule has 0 unspecified atom stereocenters. The molecule has 7 nitrogen and oxygen atoms in total. The van der Waals surface area contributed by atoms with Crippen molar-refractivity contribution in [1.29, 1.82) is 0 Å². The molecule has 0 aliphatic carbocycles. The number of halogens is 2. The van der Waals surface area contributed by atoms with Crippen LogP contribution in [0.25, 0.3) is 10.9 Å². The molecule has 0 aliphatic heterocycles. The summed E-state index contributed by atoms with van der Waals surface area (Å²) in [5, 5.41) is 2.57. The Kier molecular flexibility index (Phi) is 5.00. The van der Waals surface area contributed by atoms with Crippen LogP contribution in [0.1, 0.15) is 0 Å². The molecule has 0 aliphatic rings. The first-order valence-corrected chi connectivity index (χ1v) is 9.20. The largest absolute Gasteiger partial charge is 0.341 e. The molecule has 0 radical (unpaired) electrons. The van der Waals surface area contributed by atoms with E-state index in [1.165, 1.54) is 24.5 Å². The van der Waals surface area contributed by atoms with Gasteiger partial charge in [-0.05, 0) is 24.3 Å². The molecule has 140 valence electrons. The first-order chi connectivity index (χ1) is 12.8. The third-order valence-corrected chi connectivity index (χ3v) is 5.19. The van der Waals surface area contributed by atoms with E-state index in [4.69, 9.17) is 0 Å². The zero-order valence-electron chi connectivity index (χ0n) is 13.7. The van der Waals surface area contributed by atoms with E-state index in [0.29, 0.717) is 10.9 Å². The molecule has 3 aromatic rings. The number of alkyl halides is 2. The maximum Gasteiger partial charge on any atom is 0.341 e. The summed E-state index contributed by atoms with van der Waals surface area (Å²) in [6.07, 6.45) is 1.19. The van der Waals surface area contributed by atoms with Crippen LogP contribution in [0.2, 0.25) is 0 Å². The van der Waals surface area contributed by atoms with Gasteiger partial charge in [0, 0.05) is 0 Å². The van der Waals surface area contributed by atoms with E-state index >= 15 is 0 Å². The SMILES string of the molecule is O=C(Cn1cnc2ccccc2c1=O)Nc1ccccc1S(=O)(=O)C(F)F. The van der Waals surface area contributed by atoms with E-state index in [0.717, 1.165) is 10.6 Å². The molecule has 27 heavy (non-hydrogen) atoms. The highest BCUT2D eigenvalue weighted by atomic mass is 32.2. The van der Waals surface area contributed by atoms with Crippen LogP contribution < -0.4 is 10.9 Å². The van der Waals surface area contributed by atoms with Gasteiger partial charge < -0.3 is 5.32 Å². The summed E-state index contributed by atoms with van der Waals surface area (Å²) in [5.74, 6) is -4.38. The zero-order chi connectivity index (χ0) is 19.6. The highest BCUT2D eigenvalue weighted by Crippen LogP contribution is 2.26. The summed E-state index contributed by atoms with van der Waals surface area (Å²) in [5.41, 5.74) is -0.277. The lowest BCUT2D eigenvalue weighted by atomic mass is 10.2. The predicted molar refractivity (Wildman–Crippen MR) is 94.3 cm³/mol. The maximum absolute atomic E-state index is 12.8. The fourth-order valence-corrected chi connectivity index (χ4v) is 3.36. The number of fused-ring (bicyclic) bond motifs is 1. The van der Waals surface area contributed by atoms with E-state index in [9.17, 15) is 26.8 Å². The number of sulfone groups is 1. The van der Waals surface area contributed by atoms with E-state index in [1.54, 1.807) is 24.3 Å². The molecule has 0 saturated heterocycles. The van der Waals surface area contributed by atoms with E-state index in [1.807, 2.05) is 0 Å². The minimum atomic E-state index is -4.89. The van der Waals surface area contributed by atoms with Gasteiger partial charge in [0.15, 0.2) is 0 Å². The monoisotopic (exact) mass is 393 g/mol. The normalized spacial score (nSPS) is 11.7. The number of nitrogens with zero attached hydrogens (tertiary/aromatic N) is 2. The van der Waals surface area contributed by atoms with Gasteiger partial charge in [-0.1, -0.05) is 24.3 Å². The van der Waals surface area contributed by atoms with Gasteiger partial charge in [0.1, 0.15) is 6.54 Å². The van der Waals surface area contributed by atoms with Crippen LogP contribution in [0.3, 0.4) is 0 Å². The number of carbonyl (C=O) groups excluding carboxylic acids is 1. The summed E-state index contributed by atoms with van der Waals surface area (Å²) in [6, 6.07) is 11.4. The van der Waals surface area contributed by atoms with Gasteiger partial charge in [0.25, 0.3) is 5.56 Å². The number of carbonyl (C=O) groups is 1.